The second kappa shape index (κ2) is 6.67. The van der Waals surface area contributed by atoms with Crippen LogP contribution in [0.4, 0.5) is 5.69 Å². The number of aromatic nitrogens is 2. The number of nitrogens with zero attached hydrogens (tertiary/aromatic N) is 3. The number of carboxylic acid groups (broad SMARTS) is 1. The maximum atomic E-state index is 10.7. The zero-order valence-electron chi connectivity index (χ0n) is 11.0. The molecule has 0 atom stereocenters. The summed E-state index contributed by atoms with van der Waals surface area (Å²) in [5.41, 5.74) is 0.879. The van der Waals surface area contributed by atoms with E-state index in [9.17, 15) is 14.9 Å². The van der Waals surface area contributed by atoms with Gasteiger partial charge in [-0.3, -0.25) is 14.9 Å². The van der Waals surface area contributed by atoms with Gasteiger partial charge in [0, 0.05) is 24.1 Å². The molecule has 0 aliphatic carbocycles. The number of rotatable bonds is 5. The van der Waals surface area contributed by atoms with E-state index in [0.717, 1.165) is 5.56 Å². The number of non-ortho nitro benzene ring substituents is 1. The van der Waals surface area contributed by atoms with Gasteiger partial charge in [0.1, 0.15) is 16.1 Å². The fraction of sp³-hybridized carbons (Fsp3) is 0.154. The summed E-state index contributed by atoms with van der Waals surface area (Å²) in [4.78, 5) is 28.8. The molecule has 2 aromatic rings. The van der Waals surface area contributed by atoms with Crippen molar-refractivity contribution >= 4 is 34.9 Å². The molecule has 0 unspecified atom stereocenters. The quantitative estimate of drug-likeness (QED) is 0.508. The SMILES string of the molecule is O=C(O)Cc1c(Cl)nc(Cc2ccc([N+](=O)[O-])c[13cH]2)nc1Cl. The molecule has 0 radical (unpaired) electrons. The van der Waals surface area contributed by atoms with E-state index >= 15 is 0 Å². The van der Waals surface area contributed by atoms with Crippen molar-refractivity contribution in [2.75, 3.05) is 0 Å². The van der Waals surface area contributed by atoms with Gasteiger partial charge in [0.25, 0.3) is 5.69 Å². The van der Waals surface area contributed by atoms with Crippen LogP contribution in [-0.4, -0.2) is 26.0 Å². The number of benzene rings is 1. The number of halogens is 2. The number of carboxylic acids is 1. The number of hydrogen-bond acceptors (Lipinski definition) is 5. The minimum absolute atomic E-state index is 0.0145. The largest absolute Gasteiger partial charge is 0.481 e. The molecule has 0 spiro atoms. The third kappa shape index (κ3) is 3.90. The highest BCUT2D eigenvalue weighted by molar-refractivity contribution is 6.34. The molecule has 7 nitrogen and oxygen atoms in total. The Morgan fingerprint density at radius 3 is 2.18 bits per heavy atom. The monoisotopic (exact) mass is 342 g/mol. The predicted molar refractivity (Wildman–Crippen MR) is 79.3 cm³/mol. The molecule has 114 valence electrons. The Kier molecular flexibility index (Phi) is 4.89. The van der Waals surface area contributed by atoms with Crippen LogP contribution in [0.15, 0.2) is 24.3 Å². The summed E-state index contributed by atoms with van der Waals surface area (Å²) in [7, 11) is 0. The van der Waals surface area contributed by atoms with Gasteiger partial charge in [-0.25, -0.2) is 9.97 Å². The standard InChI is InChI=1S/C13H9Cl2N3O4/c14-12-9(6-11(19)20)13(15)17-10(16-12)5-7-1-3-8(4-2-7)18(21)22/h1-4H,5-6H2,(H,19,20)/i1+1. The van der Waals surface area contributed by atoms with Crippen molar-refractivity contribution in [3.8, 4) is 0 Å². The van der Waals surface area contributed by atoms with Crippen LogP contribution in [0.5, 0.6) is 0 Å². The van der Waals surface area contributed by atoms with Gasteiger partial charge in [0.15, 0.2) is 0 Å². The van der Waals surface area contributed by atoms with Crippen molar-refractivity contribution < 1.29 is 14.8 Å². The Morgan fingerprint density at radius 1 is 1.18 bits per heavy atom. The third-order valence-electron chi connectivity index (χ3n) is 2.79. The van der Waals surface area contributed by atoms with Crippen molar-refractivity contribution in [3.63, 3.8) is 0 Å². The van der Waals surface area contributed by atoms with Crippen molar-refractivity contribution in [2.45, 2.75) is 12.8 Å². The molecule has 1 heterocycles. The average Bonchev–Trinajstić information content (AvgIpc) is 2.43. The smallest absolute Gasteiger partial charge is 0.308 e. The Labute approximate surface area is 134 Å². The maximum Gasteiger partial charge on any atom is 0.308 e. The highest BCUT2D eigenvalue weighted by Crippen LogP contribution is 2.23. The van der Waals surface area contributed by atoms with E-state index in [0.29, 0.717) is 5.82 Å². The third-order valence-corrected chi connectivity index (χ3v) is 3.42. The molecule has 0 aliphatic rings. The first-order chi connectivity index (χ1) is 10.4. The van der Waals surface area contributed by atoms with Gasteiger partial charge in [-0.1, -0.05) is 35.3 Å². The molecule has 0 amide bonds. The fourth-order valence-corrected chi connectivity index (χ4v) is 2.32. The lowest BCUT2D eigenvalue weighted by Crippen LogP contribution is -2.06. The molecular formula is C13H9Cl2N3O4. The second-order valence-electron chi connectivity index (χ2n) is 4.37. The highest BCUT2D eigenvalue weighted by Gasteiger charge is 2.15. The molecule has 0 saturated carbocycles. The van der Waals surface area contributed by atoms with Crippen LogP contribution in [0.2, 0.25) is 10.3 Å². The lowest BCUT2D eigenvalue weighted by atomic mass is 10.2. The van der Waals surface area contributed by atoms with Gasteiger partial charge in [-0.05, 0) is 5.56 Å². The van der Waals surface area contributed by atoms with E-state index in [4.69, 9.17) is 28.3 Å². The topological polar surface area (TPSA) is 106 Å². The summed E-state index contributed by atoms with van der Waals surface area (Å²) in [5.74, 6) is -0.784. The van der Waals surface area contributed by atoms with Gasteiger partial charge >= 0.3 is 5.97 Å². The molecular weight excluding hydrogens is 334 g/mol. The fourth-order valence-electron chi connectivity index (χ4n) is 1.77. The van der Waals surface area contributed by atoms with Crippen molar-refractivity contribution in [1.29, 1.82) is 0 Å². The molecule has 0 fully saturated rings. The Hall–Kier alpha value is -2.25. The molecule has 1 N–H and O–H groups in total. The molecule has 0 saturated heterocycles. The lowest BCUT2D eigenvalue weighted by molar-refractivity contribution is -0.384. The second-order valence-corrected chi connectivity index (χ2v) is 5.09. The maximum absolute atomic E-state index is 10.7. The Balaban J connectivity index is 2.23. The number of nitro groups is 1. The zero-order chi connectivity index (χ0) is 16.3. The summed E-state index contributed by atoms with van der Waals surface area (Å²) in [6.07, 6.45) is -0.0970. The zero-order valence-corrected chi connectivity index (χ0v) is 12.5. The van der Waals surface area contributed by atoms with E-state index in [-0.39, 0.29) is 34.4 Å². The normalized spacial score (nSPS) is 10.5. The first-order valence-electron chi connectivity index (χ1n) is 6.02. The van der Waals surface area contributed by atoms with Gasteiger partial charge in [0.05, 0.1) is 11.3 Å². The Bertz CT molecular complexity index is 712. The van der Waals surface area contributed by atoms with Gasteiger partial charge in [-0.15, -0.1) is 0 Å². The van der Waals surface area contributed by atoms with E-state index in [2.05, 4.69) is 9.97 Å². The van der Waals surface area contributed by atoms with Crippen LogP contribution in [0.25, 0.3) is 0 Å². The van der Waals surface area contributed by atoms with Crippen LogP contribution >= 0.6 is 23.2 Å². The van der Waals surface area contributed by atoms with Crippen LogP contribution in [0.3, 0.4) is 0 Å². The molecule has 9 heteroatoms. The summed E-state index contributed by atoms with van der Waals surface area (Å²) >= 11 is 11.8. The molecule has 1 aromatic heterocycles. The summed E-state index contributed by atoms with van der Waals surface area (Å²) in [5, 5.41) is 19.3. The van der Waals surface area contributed by atoms with E-state index in [1.54, 1.807) is 12.1 Å². The minimum Gasteiger partial charge on any atom is -0.481 e. The Morgan fingerprint density at radius 2 is 1.73 bits per heavy atom. The predicted octanol–water partition coefficient (Wildman–Crippen LogP) is 2.91. The first kappa shape index (κ1) is 16.1. The van der Waals surface area contributed by atoms with Gasteiger partial charge in [0.2, 0.25) is 0 Å². The highest BCUT2D eigenvalue weighted by atomic mass is 35.5. The van der Waals surface area contributed by atoms with Crippen LogP contribution in [0.1, 0.15) is 17.0 Å². The lowest BCUT2D eigenvalue weighted by Gasteiger charge is -2.06. The summed E-state index contributed by atoms with van der Waals surface area (Å²) < 4.78 is 0. The summed E-state index contributed by atoms with van der Waals surface area (Å²) in [6.45, 7) is 0. The van der Waals surface area contributed by atoms with Gasteiger partial charge < -0.3 is 5.11 Å². The van der Waals surface area contributed by atoms with Crippen LogP contribution < -0.4 is 0 Å². The van der Waals surface area contributed by atoms with Crippen molar-refractivity contribution in [2.24, 2.45) is 0 Å². The van der Waals surface area contributed by atoms with E-state index in [1.165, 1.54) is 12.1 Å². The number of aliphatic carboxylic acids is 1. The average molecular weight is 343 g/mol. The number of hydrogen-bond donors (Lipinski definition) is 1. The van der Waals surface area contributed by atoms with Gasteiger partial charge in [-0.2, -0.15) is 0 Å². The molecule has 1 aromatic carbocycles. The number of nitro benzene ring substituents is 1. The van der Waals surface area contributed by atoms with Crippen molar-refractivity contribution in [1.82, 2.24) is 9.97 Å². The number of carbonyl (C=O) groups is 1. The van der Waals surface area contributed by atoms with E-state index in [1.807, 2.05) is 0 Å². The molecule has 0 aliphatic heterocycles. The molecule has 22 heavy (non-hydrogen) atoms. The van der Waals surface area contributed by atoms with E-state index < -0.39 is 10.9 Å². The minimum atomic E-state index is -1.09. The van der Waals surface area contributed by atoms with Crippen LogP contribution in [-0.2, 0) is 17.6 Å². The molecule has 0 bridgehead atoms. The first-order valence-corrected chi connectivity index (χ1v) is 6.78. The molecule has 2 rings (SSSR count). The van der Waals surface area contributed by atoms with Crippen LogP contribution in [0, 0.1) is 10.1 Å². The van der Waals surface area contributed by atoms with Crippen molar-refractivity contribution in [3.05, 3.63) is 61.6 Å². The summed E-state index contributed by atoms with van der Waals surface area (Å²) in [6, 6.07) is 5.90.